The third-order valence-corrected chi connectivity index (χ3v) is 12.6. The van der Waals surface area contributed by atoms with Crippen molar-refractivity contribution in [3.63, 3.8) is 0 Å². The van der Waals surface area contributed by atoms with Crippen LogP contribution in [0.4, 0.5) is 13.2 Å². The molecule has 0 saturated carbocycles. The van der Waals surface area contributed by atoms with Crippen LogP contribution in [0.2, 0.25) is 0 Å². The minimum atomic E-state index is -4.48. The number of halogens is 3. The summed E-state index contributed by atoms with van der Waals surface area (Å²) in [6, 6.07) is 12.1. The van der Waals surface area contributed by atoms with E-state index in [1.165, 1.54) is 112 Å². The van der Waals surface area contributed by atoms with E-state index in [4.69, 9.17) is 0 Å². The van der Waals surface area contributed by atoms with Crippen molar-refractivity contribution in [3.05, 3.63) is 70.4 Å². The molecule has 0 amide bonds. The van der Waals surface area contributed by atoms with Crippen molar-refractivity contribution in [1.29, 1.82) is 0 Å². The zero-order chi connectivity index (χ0) is 33.9. The maximum absolute atomic E-state index is 13.3. The van der Waals surface area contributed by atoms with Crippen LogP contribution in [0.1, 0.15) is 120 Å². The molecular formula is C39H48F3N3S3. The van der Waals surface area contributed by atoms with Gasteiger partial charge in [-0.1, -0.05) is 78.6 Å². The van der Waals surface area contributed by atoms with E-state index >= 15 is 0 Å². The summed E-state index contributed by atoms with van der Waals surface area (Å²) < 4.78 is 39.9. The van der Waals surface area contributed by atoms with Crippen molar-refractivity contribution in [2.75, 3.05) is 0 Å². The second-order valence-electron chi connectivity index (χ2n) is 12.7. The Hall–Kier alpha value is -2.75. The van der Waals surface area contributed by atoms with E-state index in [0.717, 1.165) is 37.3 Å². The van der Waals surface area contributed by atoms with Gasteiger partial charge in [-0.15, -0.1) is 34.0 Å². The second-order valence-corrected chi connectivity index (χ2v) is 15.8. The Morgan fingerprint density at radius 2 is 1.21 bits per heavy atom. The monoisotopic (exact) mass is 711 g/mol. The van der Waals surface area contributed by atoms with Crippen molar-refractivity contribution in [3.8, 4) is 41.3 Å². The number of nitrogens with one attached hydrogen (secondary N) is 1. The molecule has 5 heterocycles. The number of rotatable bonds is 19. The van der Waals surface area contributed by atoms with Gasteiger partial charge < -0.3 is 0 Å². The summed E-state index contributed by atoms with van der Waals surface area (Å²) >= 11 is 5.61. The topological polar surface area (TPSA) is 41.6 Å². The maximum Gasteiger partial charge on any atom is 0.432 e. The Balaban J connectivity index is 1.52. The van der Waals surface area contributed by atoms with Gasteiger partial charge in [0.25, 0.3) is 0 Å². The number of nitrogens with zero attached hydrogens (tertiary/aromatic N) is 2. The molecule has 0 aliphatic carbocycles. The molecule has 9 heteroatoms. The number of aryl methyl sites for hydroxylation is 3. The van der Waals surface area contributed by atoms with Crippen LogP contribution >= 0.6 is 34.0 Å². The highest BCUT2D eigenvalue weighted by molar-refractivity contribution is 7.27. The first kappa shape index (κ1) is 36.5. The largest absolute Gasteiger partial charge is 0.432 e. The van der Waals surface area contributed by atoms with E-state index in [1.807, 2.05) is 46.1 Å². The third-order valence-electron chi connectivity index (χ3n) is 8.88. The molecule has 0 saturated heterocycles. The zero-order valence-corrected chi connectivity index (χ0v) is 30.9. The normalized spacial score (nSPS) is 12.0. The zero-order valence-electron chi connectivity index (χ0n) is 28.5. The van der Waals surface area contributed by atoms with Gasteiger partial charge >= 0.3 is 6.18 Å². The lowest BCUT2D eigenvalue weighted by atomic mass is 10.0. The Morgan fingerprint density at radius 3 is 1.81 bits per heavy atom. The number of hydrogen-bond donors (Lipinski definition) is 1. The number of pyridine rings is 1. The standard InChI is InChI=1S/C39H48F3N3S3/c1-4-7-10-13-16-27-20-22-46-37(27)33-25-29(18-15-12-9-6-3)38(48-33)34-24-28(17-14-11-8-5-2)36(47-34)30-19-21-43-31(23-30)32-26-35(45-44-32)39(40,41)42/h19-26H,4-18H2,1-3H3,(H,44,45). The lowest BCUT2D eigenvalue weighted by Gasteiger charge is -2.05. The summed E-state index contributed by atoms with van der Waals surface area (Å²) in [7, 11) is 0. The predicted molar refractivity (Wildman–Crippen MR) is 200 cm³/mol. The van der Waals surface area contributed by atoms with E-state index in [0.29, 0.717) is 5.69 Å². The van der Waals surface area contributed by atoms with E-state index in [9.17, 15) is 13.2 Å². The lowest BCUT2D eigenvalue weighted by molar-refractivity contribution is -0.141. The fraction of sp³-hybridized carbons (Fsp3) is 0.487. The highest BCUT2D eigenvalue weighted by Crippen LogP contribution is 2.47. The van der Waals surface area contributed by atoms with E-state index in [1.54, 1.807) is 6.20 Å². The first-order valence-corrected chi connectivity index (χ1v) is 20.3. The van der Waals surface area contributed by atoms with E-state index < -0.39 is 11.9 Å². The summed E-state index contributed by atoms with van der Waals surface area (Å²) in [5.74, 6) is 0. The number of unbranched alkanes of at least 4 members (excludes halogenated alkanes) is 9. The summed E-state index contributed by atoms with van der Waals surface area (Å²) in [5.41, 5.74) is 4.96. The van der Waals surface area contributed by atoms with Gasteiger partial charge in [-0.2, -0.15) is 18.3 Å². The molecule has 0 spiro atoms. The van der Waals surface area contributed by atoms with Crippen LogP contribution in [-0.4, -0.2) is 15.2 Å². The number of aromatic amines is 1. The fourth-order valence-electron chi connectivity index (χ4n) is 6.19. The summed E-state index contributed by atoms with van der Waals surface area (Å²) in [6.45, 7) is 6.75. The molecule has 0 unspecified atom stereocenters. The first-order chi connectivity index (χ1) is 23.3. The molecule has 3 nitrogen and oxygen atoms in total. The third kappa shape index (κ3) is 9.48. The van der Waals surface area contributed by atoms with Gasteiger partial charge in [-0.05, 0) is 103 Å². The van der Waals surface area contributed by atoms with E-state index in [2.05, 4.69) is 59.5 Å². The van der Waals surface area contributed by atoms with Crippen LogP contribution in [0.15, 0.2) is 48.0 Å². The second kappa shape index (κ2) is 17.8. The van der Waals surface area contributed by atoms with Crippen molar-refractivity contribution in [2.45, 2.75) is 123 Å². The van der Waals surface area contributed by atoms with Gasteiger partial charge in [0.15, 0.2) is 0 Å². The first-order valence-electron chi connectivity index (χ1n) is 17.7. The van der Waals surface area contributed by atoms with Crippen molar-refractivity contribution < 1.29 is 13.2 Å². The number of aromatic nitrogens is 3. The minimum Gasteiger partial charge on any atom is -0.273 e. The van der Waals surface area contributed by atoms with Crippen LogP contribution < -0.4 is 0 Å². The van der Waals surface area contributed by atoms with Crippen LogP contribution in [0.25, 0.3) is 41.3 Å². The highest BCUT2D eigenvalue weighted by Gasteiger charge is 2.33. The quantitative estimate of drug-likeness (QED) is 0.0867. The SMILES string of the molecule is CCCCCCc1cc(-c2sc(-c3sccc3CCCCCC)cc2CCCCCC)sc1-c1ccnc(-c2cc(C(F)(F)F)[nH]n2)c1. The van der Waals surface area contributed by atoms with Crippen molar-refractivity contribution in [2.24, 2.45) is 0 Å². The van der Waals surface area contributed by atoms with Crippen LogP contribution in [0.5, 0.6) is 0 Å². The molecule has 0 aliphatic heterocycles. The van der Waals surface area contributed by atoms with Crippen LogP contribution in [0, 0.1) is 0 Å². The van der Waals surface area contributed by atoms with Gasteiger partial charge in [0.05, 0.1) is 5.69 Å². The number of thiophene rings is 3. The summed E-state index contributed by atoms with van der Waals surface area (Å²) in [6.07, 6.45) is 15.0. The van der Waals surface area contributed by atoms with Gasteiger partial charge in [0.2, 0.25) is 0 Å². The molecule has 0 bridgehead atoms. The molecule has 5 aromatic heterocycles. The van der Waals surface area contributed by atoms with Crippen LogP contribution in [0.3, 0.4) is 0 Å². The number of H-pyrrole nitrogens is 1. The maximum atomic E-state index is 13.3. The highest BCUT2D eigenvalue weighted by atomic mass is 32.1. The smallest absolute Gasteiger partial charge is 0.273 e. The molecule has 0 aromatic carbocycles. The van der Waals surface area contributed by atoms with Gasteiger partial charge in [-0.3, -0.25) is 10.1 Å². The van der Waals surface area contributed by atoms with Gasteiger partial charge in [-0.25, -0.2) is 0 Å². The fourth-order valence-corrected chi connectivity index (χ4v) is 9.85. The molecular weight excluding hydrogens is 664 g/mol. The summed E-state index contributed by atoms with van der Waals surface area (Å²) in [4.78, 5) is 11.0. The predicted octanol–water partition coefficient (Wildman–Crippen LogP) is 14.0. The van der Waals surface area contributed by atoms with Gasteiger partial charge in [0, 0.05) is 30.6 Å². The molecule has 48 heavy (non-hydrogen) atoms. The number of hydrogen-bond acceptors (Lipinski definition) is 5. The minimum absolute atomic E-state index is 0.198. The Kier molecular flexibility index (Phi) is 13.5. The van der Waals surface area contributed by atoms with Crippen molar-refractivity contribution in [1.82, 2.24) is 15.2 Å². The number of alkyl halides is 3. The van der Waals surface area contributed by atoms with Crippen LogP contribution in [-0.2, 0) is 25.4 Å². The molecule has 0 fully saturated rings. The Labute approximate surface area is 296 Å². The Bertz CT molecular complexity index is 1710. The lowest BCUT2D eigenvalue weighted by Crippen LogP contribution is -2.04. The van der Waals surface area contributed by atoms with Crippen molar-refractivity contribution >= 4 is 34.0 Å². The molecule has 0 atom stereocenters. The molecule has 0 radical (unpaired) electrons. The van der Waals surface area contributed by atoms with Gasteiger partial charge in [0.1, 0.15) is 11.4 Å². The molecule has 5 aromatic rings. The molecule has 258 valence electrons. The summed E-state index contributed by atoms with van der Waals surface area (Å²) in [5, 5.41) is 8.33. The Morgan fingerprint density at radius 1 is 0.625 bits per heavy atom. The molecule has 0 aliphatic rings. The molecule has 5 rings (SSSR count). The van der Waals surface area contributed by atoms with E-state index in [-0.39, 0.29) is 5.69 Å². The average molecular weight is 712 g/mol. The molecule has 1 N–H and O–H groups in total. The average Bonchev–Trinajstić information content (AvgIpc) is 3.89.